The van der Waals surface area contributed by atoms with E-state index in [0.717, 1.165) is 87.5 Å². The van der Waals surface area contributed by atoms with Gasteiger partial charge in [-0.15, -0.1) is 5.10 Å². The second-order valence-corrected chi connectivity index (χ2v) is 9.55. The zero-order valence-corrected chi connectivity index (χ0v) is 18.8. The van der Waals surface area contributed by atoms with Crippen LogP contribution in [0.2, 0.25) is 0 Å². The Balaban J connectivity index is 1.27. The summed E-state index contributed by atoms with van der Waals surface area (Å²) in [6.45, 7) is 6.49. The van der Waals surface area contributed by atoms with Gasteiger partial charge in [-0.3, -0.25) is 9.69 Å². The Hall–Kier alpha value is -1.77. The molecule has 3 fully saturated rings. The van der Waals surface area contributed by atoms with Gasteiger partial charge in [0.15, 0.2) is 5.69 Å². The van der Waals surface area contributed by atoms with E-state index in [-0.39, 0.29) is 5.91 Å². The Morgan fingerprint density at radius 1 is 1.03 bits per heavy atom. The Morgan fingerprint density at radius 2 is 1.73 bits per heavy atom. The van der Waals surface area contributed by atoms with Crippen LogP contribution in [0.1, 0.15) is 47.8 Å². The first-order chi connectivity index (χ1) is 14.7. The molecule has 2 aliphatic heterocycles. The van der Waals surface area contributed by atoms with Crippen molar-refractivity contribution in [2.24, 2.45) is 5.92 Å². The second-order valence-electron chi connectivity index (χ2n) is 8.63. The fourth-order valence-corrected chi connectivity index (χ4v) is 4.82. The molecule has 1 saturated carbocycles. The van der Waals surface area contributed by atoms with Crippen molar-refractivity contribution in [1.29, 1.82) is 0 Å². The minimum atomic E-state index is 0.0464. The predicted octanol–water partition coefficient (Wildman–Crippen LogP) is 3.09. The number of ether oxygens (including phenoxy) is 1. The SMILES string of the molecule is O=C(c1nnn(-c2ccc(Br)cc2)c1C1CC1)N1CCC(CN2CCOCC2)CC1. The summed E-state index contributed by atoms with van der Waals surface area (Å²) in [6, 6.07) is 8.01. The average Bonchev–Trinajstić information content (AvgIpc) is 3.53. The van der Waals surface area contributed by atoms with E-state index >= 15 is 0 Å². The fraction of sp³-hybridized carbons (Fsp3) is 0.591. The van der Waals surface area contributed by atoms with E-state index in [4.69, 9.17) is 4.74 Å². The van der Waals surface area contributed by atoms with Gasteiger partial charge in [-0.1, -0.05) is 21.1 Å². The number of hydrogen-bond acceptors (Lipinski definition) is 5. The normalized spacial score (nSPS) is 21.2. The molecule has 3 heterocycles. The first-order valence-electron chi connectivity index (χ1n) is 11.0. The van der Waals surface area contributed by atoms with Crippen molar-refractivity contribution in [3.8, 4) is 5.69 Å². The number of nitrogens with zero attached hydrogens (tertiary/aromatic N) is 5. The molecule has 0 N–H and O–H groups in total. The molecule has 30 heavy (non-hydrogen) atoms. The maximum Gasteiger partial charge on any atom is 0.276 e. The van der Waals surface area contributed by atoms with Crippen LogP contribution in [0.3, 0.4) is 0 Å². The van der Waals surface area contributed by atoms with E-state index in [2.05, 4.69) is 31.1 Å². The molecule has 2 aromatic rings. The lowest BCUT2D eigenvalue weighted by Gasteiger charge is -2.35. The summed E-state index contributed by atoms with van der Waals surface area (Å²) in [5.74, 6) is 1.10. The van der Waals surface area contributed by atoms with E-state index in [1.54, 1.807) is 0 Å². The van der Waals surface area contributed by atoms with Crippen LogP contribution in [0.4, 0.5) is 0 Å². The molecule has 0 spiro atoms. The molecule has 1 aliphatic carbocycles. The number of amides is 1. The smallest absolute Gasteiger partial charge is 0.276 e. The van der Waals surface area contributed by atoms with Crippen LogP contribution in [-0.2, 0) is 4.74 Å². The van der Waals surface area contributed by atoms with Gasteiger partial charge in [0.2, 0.25) is 0 Å². The maximum atomic E-state index is 13.3. The molecule has 8 heteroatoms. The van der Waals surface area contributed by atoms with Crippen molar-refractivity contribution in [2.75, 3.05) is 45.9 Å². The highest BCUT2D eigenvalue weighted by atomic mass is 79.9. The van der Waals surface area contributed by atoms with E-state index in [1.807, 2.05) is 33.8 Å². The predicted molar refractivity (Wildman–Crippen MR) is 117 cm³/mol. The monoisotopic (exact) mass is 473 g/mol. The minimum absolute atomic E-state index is 0.0464. The highest BCUT2D eigenvalue weighted by molar-refractivity contribution is 9.10. The van der Waals surface area contributed by atoms with Gasteiger partial charge in [0, 0.05) is 43.1 Å². The third-order valence-corrected chi connectivity index (χ3v) is 6.99. The largest absolute Gasteiger partial charge is 0.379 e. The Bertz CT molecular complexity index is 881. The van der Waals surface area contributed by atoms with Crippen LogP contribution in [0, 0.1) is 5.92 Å². The van der Waals surface area contributed by atoms with E-state index in [0.29, 0.717) is 17.5 Å². The lowest BCUT2D eigenvalue weighted by molar-refractivity contribution is 0.0242. The lowest BCUT2D eigenvalue weighted by atomic mass is 9.95. The second kappa shape index (κ2) is 8.77. The number of piperidine rings is 1. The molecular formula is C22H28BrN5O2. The van der Waals surface area contributed by atoms with Crippen LogP contribution in [-0.4, -0.2) is 76.6 Å². The third kappa shape index (κ3) is 4.31. The Labute approximate surface area is 185 Å². The van der Waals surface area contributed by atoms with Crippen molar-refractivity contribution in [3.63, 3.8) is 0 Å². The average molecular weight is 474 g/mol. The van der Waals surface area contributed by atoms with Crippen LogP contribution in [0.15, 0.2) is 28.7 Å². The molecule has 0 unspecified atom stereocenters. The number of aromatic nitrogens is 3. The van der Waals surface area contributed by atoms with Crippen molar-refractivity contribution >= 4 is 21.8 Å². The first-order valence-corrected chi connectivity index (χ1v) is 11.8. The van der Waals surface area contributed by atoms with Gasteiger partial charge in [-0.25, -0.2) is 4.68 Å². The zero-order valence-electron chi connectivity index (χ0n) is 17.2. The fourth-order valence-electron chi connectivity index (χ4n) is 4.55. The summed E-state index contributed by atoms with van der Waals surface area (Å²) >= 11 is 3.48. The summed E-state index contributed by atoms with van der Waals surface area (Å²) in [4.78, 5) is 17.8. The quantitative estimate of drug-likeness (QED) is 0.667. The van der Waals surface area contributed by atoms with Gasteiger partial charge in [0.1, 0.15) is 0 Å². The molecule has 160 valence electrons. The van der Waals surface area contributed by atoms with Crippen LogP contribution < -0.4 is 0 Å². The van der Waals surface area contributed by atoms with Crippen LogP contribution in [0.5, 0.6) is 0 Å². The maximum absolute atomic E-state index is 13.3. The number of halogens is 1. The molecular weight excluding hydrogens is 446 g/mol. The summed E-state index contributed by atoms with van der Waals surface area (Å²) in [7, 11) is 0. The minimum Gasteiger partial charge on any atom is -0.379 e. The molecule has 0 bridgehead atoms. The number of benzene rings is 1. The summed E-state index contributed by atoms with van der Waals surface area (Å²) in [6.07, 6.45) is 4.32. The van der Waals surface area contributed by atoms with Crippen molar-refractivity contribution in [1.82, 2.24) is 24.8 Å². The standard InChI is InChI=1S/C22H28BrN5O2/c23-18-3-5-19(6-4-18)28-21(17-1-2-17)20(24-25-28)22(29)27-9-7-16(8-10-27)15-26-11-13-30-14-12-26/h3-6,16-17H,1-2,7-15H2. The van der Waals surface area contributed by atoms with Crippen molar-refractivity contribution in [2.45, 2.75) is 31.6 Å². The molecule has 3 aliphatic rings. The topological polar surface area (TPSA) is 63.5 Å². The molecule has 0 radical (unpaired) electrons. The summed E-state index contributed by atoms with van der Waals surface area (Å²) in [5.41, 5.74) is 2.49. The molecule has 0 atom stereocenters. The number of morpholine rings is 1. The van der Waals surface area contributed by atoms with Gasteiger partial charge in [-0.2, -0.15) is 0 Å². The summed E-state index contributed by atoms with van der Waals surface area (Å²) in [5, 5.41) is 8.72. The number of carbonyl (C=O) groups excluding carboxylic acids is 1. The Kier molecular flexibility index (Phi) is 5.89. The number of likely N-dealkylation sites (tertiary alicyclic amines) is 1. The number of hydrogen-bond donors (Lipinski definition) is 0. The molecule has 1 aromatic heterocycles. The summed E-state index contributed by atoms with van der Waals surface area (Å²) < 4.78 is 8.34. The van der Waals surface area contributed by atoms with E-state index in [9.17, 15) is 4.79 Å². The molecule has 5 rings (SSSR count). The van der Waals surface area contributed by atoms with Gasteiger partial charge in [0.25, 0.3) is 5.91 Å². The number of carbonyl (C=O) groups is 1. The lowest BCUT2D eigenvalue weighted by Crippen LogP contribution is -2.44. The molecule has 1 amide bonds. The van der Waals surface area contributed by atoms with E-state index < -0.39 is 0 Å². The zero-order chi connectivity index (χ0) is 20.5. The van der Waals surface area contributed by atoms with Crippen LogP contribution >= 0.6 is 15.9 Å². The van der Waals surface area contributed by atoms with Gasteiger partial charge >= 0.3 is 0 Å². The molecule has 1 aromatic carbocycles. The number of rotatable bonds is 5. The van der Waals surface area contributed by atoms with Gasteiger partial charge < -0.3 is 9.64 Å². The van der Waals surface area contributed by atoms with Gasteiger partial charge in [-0.05, 0) is 55.9 Å². The highest BCUT2D eigenvalue weighted by Gasteiger charge is 2.36. The van der Waals surface area contributed by atoms with Crippen LogP contribution in [0.25, 0.3) is 5.69 Å². The van der Waals surface area contributed by atoms with Crippen molar-refractivity contribution < 1.29 is 9.53 Å². The first kappa shape index (κ1) is 20.2. The van der Waals surface area contributed by atoms with Gasteiger partial charge in [0.05, 0.1) is 24.6 Å². The van der Waals surface area contributed by atoms with Crippen molar-refractivity contribution in [3.05, 3.63) is 40.1 Å². The van der Waals surface area contributed by atoms with E-state index in [1.165, 1.54) is 0 Å². The Morgan fingerprint density at radius 3 is 2.40 bits per heavy atom. The third-order valence-electron chi connectivity index (χ3n) is 6.46. The molecule has 2 saturated heterocycles. The molecule has 7 nitrogen and oxygen atoms in total. The highest BCUT2D eigenvalue weighted by Crippen LogP contribution is 2.42.